The number of aliphatic hydroxyl groups is 1. The van der Waals surface area contributed by atoms with Crippen LogP contribution in [0.2, 0.25) is 0 Å². The molecule has 1 heterocycles. The first-order valence-corrected chi connectivity index (χ1v) is 4.87. The van der Waals surface area contributed by atoms with Crippen molar-refractivity contribution in [3.05, 3.63) is 5.51 Å². The first-order chi connectivity index (χ1) is 6.38. The number of ether oxygens (including phenoxy) is 1. The van der Waals surface area contributed by atoms with Crippen molar-refractivity contribution in [3.63, 3.8) is 0 Å². The highest BCUT2D eigenvalue weighted by Crippen LogP contribution is 2.14. The summed E-state index contributed by atoms with van der Waals surface area (Å²) in [6, 6.07) is 0. The lowest BCUT2D eigenvalue weighted by molar-refractivity contribution is 0.203. The number of methoxy groups -OCH3 is 1. The van der Waals surface area contributed by atoms with Gasteiger partial charge in [-0.05, 0) is 0 Å². The van der Waals surface area contributed by atoms with Gasteiger partial charge in [-0.2, -0.15) is 0 Å². The average molecular weight is 203 g/mol. The van der Waals surface area contributed by atoms with Crippen LogP contribution in [0.4, 0.5) is 5.13 Å². The molecule has 5 nitrogen and oxygen atoms in total. The summed E-state index contributed by atoms with van der Waals surface area (Å²) in [7, 11) is 1.65. The third-order valence-corrected chi connectivity index (χ3v) is 2.30. The van der Waals surface area contributed by atoms with Gasteiger partial charge in [0.25, 0.3) is 0 Å². The van der Waals surface area contributed by atoms with Gasteiger partial charge in [0.15, 0.2) is 0 Å². The molecule has 0 spiro atoms. The van der Waals surface area contributed by atoms with Crippen molar-refractivity contribution in [2.75, 3.05) is 38.3 Å². The van der Waals surface area contributed by atoms with Gasteiger partial charge in [0.2, 0.25) is 5.13 Å². The molecule has 0 bridgehead atoms. The fourth-order valence-corrected chi connectivity index (χ4v) is 1.54. The van der Waals surface area contributed by atoms with E-state index < -0.39 is 0 Å². The molecule has 0 saturated heterocycles. The quantitative estimate of drug-likeness (QED) is 0.704. The normalized spacial score (nSPS) is 10.3. The van der Waals surface area contributed by atoms with Gasteiger partial charge in [-0.25, -0.2) is 0 Å². The molecule has 1 N–H and O–H groups in total. The predicted octanol–water partition coefficient (Wildman–Crippen LogP) is -0.0168. The van der Waals surface area contributed by atoms with E-state index in [9.17, 15) is 0 Å². The Hall–Kier alpha value is -0.720. The molecule has 1 rings (SSSR count). The van der Waals surface area contributed by atoms with E-state index in [0.29, 0.717) is 13.2 Å². The summed E-state index contributed by atoms with van der Waals surface area (Å²) in [5.41, 5.74) is 1.67. The van der Waals surface area contributed by atoms with Crippen LogP contribution in [0.25, 0.3) is 0 Å². The minimum atomic E-state index is 0.114. The Morgan fingerprint density at radius 3 is 3.00 bits per heavy atom. The maximum Gasteiger partial charge on any atom is 0.208 e. The summed E-state index contributed by atoms with van der Waals surface area (Å²) < 4.78 is 4.95. The first kappa shape index (κ1) is 10.4. The van der Waals surface area contributed by atoms with Crippen LogP contribution in [0.3, 0.4) is 0 Å². The van der Waals surface area contributed by atoms with Crippen molar-refractivity contribution in [2.45, 2.75) is 0 Å². The van der Waals surface area contributed by atoms with E-state index in [4.69, 9.17) is 9.84 Å². The van der Waals surface area contributed by atoms with Crippen LogP contribution in [0.15, 0.2) is 5.51 Å². The molecular formula is C7H13N3O2S. The lowest BCUT2D eigenvalue weighted by Gasteiger charge is -2.19. The largest absolute Gasteiger partial charge is 0.395 e. The molecule has 6 heteroatoms. The second-order valence-electron chi connectivity index (χ2n) is 2.42. The van der Waals surface area contributed by atoms with E-state index >= 15 is 0 Å². The van der Waals surface area contributed by atoms with Gasteiger partial charge in [-0.3, -0.25) is 0 Å². The molecule has 13 heavy (non-hydrogen) atoms. The molecule has 74 valence electrons. The van der Waals surface area contributed by atoms with Crippen LogP contribution in [0.5, 0.6) is 0 Å². The highest BCUT2D eigenvalue weighted by molar-refractivity contribution is 7.13. The number of rotatable bonds is 6. The van der Waals surface area contributed by atoms with Gasteiger partial charge < -0.3 is 14.7 Å². The zero-order valence-corrected chi connectivity index (χ0v) is 8.33. The van der Waals surface area contributed by atoms with E-state index in [1.807, 2.05) is 4.90 Å². The fraction of sp³-hybridized carbons (Fsp3) is 0.714. The van der Waals surface area contributed by atoms with Crippen LogP contribution < -0.4 is 4.90 Å². The molecule has 0 aliphatic heterocycles. The number of hydrogen-bond donors (Lipinski definition) is 1. The Labute approximate surface area is 81.0 Å². The molecule has 0 aliphatic rings. The standard InChI is InChI=1S/C7H13N3O2S/c1-12-5-3-10(2-4-11)7-9-8-6-13-7/h6,11H,2-5H2,1H3. The summed E-state index contributed by atoms with van der Waals surface area (Å²) >= 11 is 1.46. The summed E-state index contributed by atoms with van der Waals surface area (Å²) in [4.78, 5) is 1.95. The number of aromatic nitrogens is 2. The molecule has 0 aliphatic carbocycles. The van der Waals surface area contributed by atoms with Gasteiger partial charge in [0.05, 0.1) is 13.2 Å². The third-order valence-electron chi connectivity index (χ3n) is 1.55. The average Bonchev–Trinajstić information content (AvgIpc) is 2.65. The summed E-state index contributed by atoms with van der Waals surface area (Å²) in [6.45, 7) is 2.04. The highest BCUT2D eigenvalue weighted by Gasteiger charge is 2.07. The monoisotopic (exact) mass is 203 g/mol. The van der Waals surface area contributed by atoms with E-state index in [1.54, 1.807) is 12.6 Å². The Bertz CT molecular complexity index is 218. The Balaban J connectivity index is 2.47. The smallest absolute Gasteiger partial charge is 0.208 e. The van der Waals surface area contributed by atoms with E-state index in [2.05, 4.69) is 10.2 Å². The molecule has 0 aromatic carbocycles. The van der Waals surface area contributed by atoms with E-state index in [1.165, 1.54) is 11.3 Å². The fourth-order valence-electron chi connectivity index (χ4n) is 0.930. The topological polar surface area (TPSA) is 58.5 Å². The van der Waals surface area contributed by atoms with Crippen molar-refractivity contribution >= 4 is 16.5 Å². The number of anilines is 1. The maximum atomic E-state index is 8.81. The summed E-state index contributed by atoms with van der Waals surface area (Å²) in [6.07, 6.45) is 0. The van der Waals surface area contributed by atoms with E-state index in [-0.39, 0.29) is 6.61 Å². The van der Waals surface area contributed by atoms with Crippen LogP contribution in [0, 0.1) is 0 Å². The number of aliphatic hydroxyl groups excluding tert-OH is 1. The van der Waals surface area contributed by atoms with Gasteiger partial charge in [0, 0.05) is 20.2 Å². The SMILES string of the molecule is COCCN(CCO)c1nncs1. The molecule has 0 radical (unpaired) electrons. The maximum absolute atomic E-state index is 8.81. The number of nitrogens with zero attached hydrogens (tertiary/aromatic N) is 3. The Morgan fingerprint density at radius 1 is 1.62 bits per heavy atom. The lowest BCUT2D eigenvalue weighted by atomic mass is 10.5. The first-order valence-electron chi connectivity index (χ1n) is 3.99. The van der Waals surface area contributed by atoms with E-state index in [0.717, 1.165) is 11.7 Å². The second kappa shape index (κ2) is 5.85. The zero-order valence-electron chi connectivity index (χ0n) is 7.51. The van der Waals surface area contributed by atoms with Crippen LogP contribution in [0.1, 0.15) is 0 Å². The van der Waals surface area contributed by atoms with Crippen molar-refractivity contribution in [1.29, 1.82) is 0 Å². The van der Waals surface area contributed by atoms with Gasteiger partial charge in [-0.15, -0.1) is 10.2 Å². The number of hydrogen-bond acceptors (Lipinski definition) is 6. The highest BCUT2D eigenvalue weighted by atomic mass is 32.1. The molecule has 0 amide bonds. The van der Waals surface area contributed by atoms with Crippen molar-refractivity contribution in [3.8, 4) is 0 Å². The summed E-state index contributed by atoms with van der Waals surface area (Å²) in [5, 5.41) is 17.3. The summed E-state index contributed by atoms with van der Waals surface area (Å²) in [5.74, 6) is 0. The molecule has 1 aromatic rings. The van der Waals surface area contributed by atoms with Crippen LogP contribution in [-0.2, 0) is 4.74 Å². The molecule has 0 atom stereocenters. The van der Waals surface area contributed by atoms with Crippen LogP contribution >= 0.6 is 11.3 Å². The zero-order chi connectivity index (χ0) is 9.52. The van der Waals surface area contributed by atoms with Gasteiger partial charge in [-0.1, -0.05) is 11.3 Å². The molecule has 1 aromatic heterocycles. The van der Waals surface area contributed by atoms with Crippen molar-refractivity contribution in [2.24, 2.45) is 0 Å². The van der Waals surface area contributed by atoms with Crippen molar-refractivity contribution < 1.29 is 9.84 Å². The third kappa shape index (κ3) is 3.25. The van der Waals surface area contributed by atoms with Gasteiger partial charge in [0.1, 0.15) is 5.51 Å². The van der Waals surface area contributed by atoms with Crippen LogP contribution in [-0.4, -0.2) is 48.7 Å². The minimum absolute atomic E-state index is 0.114. The van der Waals surface area contributed by atoms with Gasteiger partial charge >= 0.3 is 0 Å². The minimum Gasteiger partial charge on any atom is -0.395 e. The Kier molecular flexibility index (Phi) is 4.66. The molecular weight excluding hydrogens is 190 g/mol. The predicted molar refractivity (Wildman–Crippen MR) is 51.1 cm³/mol. The molecule has 0 unspecified atom stereocenters. The lowest BCUT2D eigenvalue weighted by Crippen LogP contribution is -2.30. The molecule has 0 fully saturated rings. The second-order valence-corrected chi connectivity index (χ2v) is 3.24. The Morgan fingerprint density at radius 2 is 2.46 bits per heavy atom. The van der Waals surface area contributed by atoms with Crippen molar-refractivity contribution in [1.82, 2.24) is 10.2 Å². The molecule has 0 saturated carbocycles.